The van der Waals surface area contributed by atoms with E-state index in [1.54, 1.807) is 32.5 Å². The van der Waals surface area contributed by atoms with Crippen molar-refractivity contribution in [2.24, 2.45) is 0 Å². The third-order valence-corrected chi connectivity index (χ3v) is 4.87. The van der Waals surface area contributed by atoms with Gasteiger partial charge >= 0.3 is 0 Å². The summed E-state index contributed by atoms with van der Waals surface area (Å²) in [5.74, 6) is 1.72. The lowest BCUT2D eigenvalue weighted by Gasteiger charge is -2.10. The van der Waals surface area contributed by atoms with E-state index in [0.717, 1.165) is 11.1 Å². The van der Waals surface area contributed by atoms with Gasteiger partial charge in [0.05, 0.1) is 19.7 Å². The molecule has 7 nitrogen and oxygen atoms in total. The number of ether oxygens (including phenoxy) is 2. The van der Waals surface area contributed by atoms with Gasteiger partial charge in [-0.2, -0.15) is 4.98 Å². The molecular weight excluding hydrogens is 370 g/mol. The monoisotopic (exact) mass is 391 g/mol. The fourth-order valence-corrected chi connectivity index (χ4v) is 3.35. The van der Waals surface area contributed by atoms with E-state index in [2.05, 4.69) is 10.1 Å². The maximum absolute atomic E-state index is 13.1. The molecule has 0 saturated heterocycles. The largest absolute Gasteiger partial charge is 0.493 e. The van der Waals surface area contributed by atoms with E-state index in [1.807, 2.05) is 42.7 Å². The van der Waals surface area contributed by atoms with Gasteiger partial charge in [0.1, 0.15) is 5.56 Å². The van der Waals surface area contributed by atoms with Crippen molar-refractivity contribution in [3.63, 3.8) is 0 Å². The number of aromatic nitrogens is 3. The zero-order chi connectivity index (χ0) is 20.5. The van der Waals surface area contributed by atoms with Crippen molar-refractivity contribution in [3.8, 4) is 34.3 Å². The van der Waals surface area contributed by atoms with Gasteiger partial charge in [-0.15, -0.1) is 0 Å². The van der Waals surface area contributed by atoms with Gasteiger partial charge in [0.2, 0.25) is 11.3 Å². The number of nitrogens with zero attached hydrogens (tertiary/aromatic N) is 3. The summed E-state index contributed by atoms with van der Waals surface area (Å²) in [7, 11) is 3.14. The standard InChI is InChI=1S/C22H21N3O4/c1-5-25-12-16(20(26)15-10-13(2)6-8-17(15)25)22-23-21(24-29-22)14-7-9-18(27-3)19(11-14)28-4/h6-12H,5H2,1-4H3. The van der Waals surface area contributed by atoms with Crippen LogP contribution in [0.5, 0.6) is 11.5 Å². The molecule has 148 valence electrons. The topological polar surface area (TPSA) is 79.4 Å². The van der Waals surface area contributed by atoms with Crippen LogP contribution in [0.15, 0.2) is 51.9 Å². The molecule has 4 aromatic rings. The molecule has 0 radical (unpaired) electrons. The van der Waals surface area contributed by atoms with Crippen LogP contribution in [0.4, 0.5) is 0 Å². The Labute approximate surface area is 167 Å². The van der Waals surface area contributed by atoms with Gasteiger partial charge in [-0.25, -0.2) is 0 Å². The first-order valence-corrected chi connectivity index (χ1v) is 9.26. The van der Waals surface area contributed by atoms with Gasteiger partial charge < -0.3 is 18.6 Å². The van der Waals surface area contributed by atoms with E-state index < -0.39 is 0 Å². The van der Waals surface area contributed by atoms with E-state index in [-0.39, 0.29) is 11.3 Å². The molecule has 2 aromatic carbocycles. The second-order valence-electron chi connectivity index (χ2n) is 6.67. The molecule has 0 fully saturated rings. The highest BCUT2D eigenvalue weighted by molar-refractivity contribution is 5.83. The van der Waals surface area contributed by atoms with Crippen LogP contribution in [0.2, 0.25) is 0 Å². The van der Waals surface area contributed by atoms with Crippen molar-refractivity contribution in [1.29, 1.82) is 0 Å². The molecule has 0 atom stereocenters. The Balaban J connectivity index is 1.84. The SMILES string of the molecule is CCn1cc(-c2nc(-c3ccc(OC)c(OC)c3)no2)c(=O)c2cc(C)ccc21. The predicted octanol–water partition coefficient (Wildman–Crippen LogP) is 4.06. The minimum atomic E-state index is -0.129. The van der Waals surface area contributed by atoms with Gasteiger partial charge in [0, 0.05) is 23.7 Å². The highest BCUT2D eigenvalue weighted by atomic mass is 16.5. The Morgan fingerprint density at radius 3 is 2.59 bits per heavy atom. The first-order chi connectivity index (χ1) is 14.0. The van der Waals surface area contributed by atoms with Gasteiger partial charge in [0.15, 0.2) is 11.5 Å². The van der Waals surface area contributed by atoms with Crippen molar-refractivity contribution in [2.75, 3.05) is 14.2 Å². The molecule has 29 heavy (non-hydrogen) atoms. The molecule has 0 N–H and O–H groups in total. The Hall–Kier alpha value is -3.61. The summed E-state index contributed by atoms with van der Waals surface area (Å²) < 4.78 is 18.0. The van der Waals surface area contributed by atoms with Crippen molar-refractivity contribution >= 4 is 10.9 Å². The maximum atomic E-state index is 13.1. The van der Waals surface area contributed by atoms with E-state index in [4.69, 9.17) is 14.0 Å². The number of rotatable bonds is 5. The van der Waals surface area contributed by atoms with E-state index in [0.29, 0.717) is 40.4 Å². The van der Waals surface area contributed by atoms with Crippen molar-refractivity contribution in [2.45, 2.75) is 20.4 Å². The van der Waals surface area contributed by atoms with Crippen LogP contribution in [0.3, 0.4) is 0 Å². The Morgan fingerprint density at radius 2 is 1.86 bits per heavy atom. The number of benzene rings is 2. The first kappa shape index (κ1) is 18.7. The quantitative estimate of drug-likeness (QED) is 0.510. The fraction of sp³-hybridized carbons (Fsp3) is 0.227. The number of pyridine rings is 1. The van der Waals surface area contributed by atoms with E-state index >= 15 is 0 Å². The van der Waals surface area contributed by atoms with Crippen LogP contribution in [0.1, 0.15) is 12.5 Å². The van der Waals surface area contributed by atoms with Crippen molar-refractivity contribution < 1.29 is 14.0 Å². The number of methoxy groups -OCH3 is 2. The Bertz CT molecular complexity index is 1260. The Kier molecular flexibility index (Phi) is 4.80. The number of aryl methyl sites for hydroxylation is 2. The summed E-state index contributed by atoms with van der Waals surface area (Å²) in [4.78, 5) is 17.6. The summed E-state index contributed by atoms with van der Waals surface area (Å²) in [5, 5.41) is 4.69. The van der Waals surface area contributed by atoms with Crippen molar-refractivity contribution in [3.05, 3.63) is 58.4 Å². The molecule has 0 bridgehead atoms. The number of hydrogen-bond donors (Lipinski definition) is 0. The minimum absolute atomic E-state index is 0.129. The maximum Gasteiger partial charge on any atom is 0.263 e. The lowest BCUT2D eigenvalue weighted by molar-refractivity contribution is 0.355. The lowest BCUT2D eigenvalue weighted by Crippen LogP contribution is -2.12. The van der Waals surface area contributed by atoms with Crippen LogP contribution in [-0.2, 0) is 6.54 Å². The molecule has 0 aliphatic heterocycles. The van der Waals surface area contributed by atoms with E-state index in [9.17, 15) is 4.79 Å². The second kappa shape index (κ2) is 7.43. The molecule has 0 saturated carbocycles. The lowest BCUT2D eigenvalue weighted by atomic mass is 10.1. The van der Waals surface area contributed by atoms with Crippen LogP contribution < -0.4 is 14.9 Å². The summed E-state index contributed by atoms with van der Waals surface area (Å²) in [6.45, 7) is 4.70. The third-order valence-electron chi connectivity index (χ3n) is 4.87. The molecular formula is C22H21N3O4. The minimum Gasteiger partial charge on any atom is -0.493 e. The van der Waals surface area contributed by atoms with Gasteiger partial charge in [0.25, 0.3) is 5.89 Å². The zero-order valence-electron chi connectivity index (χ0n) is 16.7. The average Bonchev–Trinajstić information content (AvgIpc) is 3.23. The molecule has 0 aliphatic carbocycles. The molecule has 0 amide bonds. The van der Waals surface area contributed by atoms with E-state index in [1.165, 1.54) is 0 Å². The summed E-state index contributed by atoms with van der Waals surface area (Å²) >= 11 is 0. The van der Waals surface area contributed by atoms with Crippen LogP contribution in [-0.4, -0.2) is 28.9 Å². The molecule has 0 spiro atoms. The fourth-order valence-electron chi connectivity index (χ4n) is 3.35. The van der Waals surface area contributed by atoms with Gasteiger partial charge in [-0.1, -0.05) is 16.8 Å². The van der Waals surface area contributed by atoms with Crippen LogP contribution in [0, 0.1) is 6.92 Å². The number of hydrogen-bond acceptors (Lipinski definition) is 6. The Morgan fingerprint density at radius 1 is 1.07 bits per heavy atom. The second-order valence-corrected chi connectivity index (χ2v) is 6.67. The smallest absolute Gasteiger partial charge is 0.263 e. The normalized spacial score (nSPS) is 11.0. The number of fused-ring (bicyclic) bond motifs is 1. The molecule has 4 rings (SSSR count). The summed E-state index contributed by atoms with van der Waals surface area (Å²) in [6, 6.07) is 11.2. The van der Waals surface area contributed by atoms with Crippen LogP contribution in [0.25, 0.3) is 33.7 Å². The summed E-state index contributed by atoms with van der Waals surface area (Å²) in [6.07, 6.45) is 1.77. The van der Waals surface area contributed by atoms with Gasteiger partial charge in [-0.05, 0) is 44.2 Å². The van der Waals surface area contributed by atoms with Gasteiger partial charge in [-0.3, -0.25) is 4.79 Å². The highest BCUT2D eigenvalue weighted by Gasteiger charge is 2.18. The molecule has 2 heterocycles. The van der Waals surface area contributed by atoms with Crippen molar-refractivity contribution in [1.82, 2.24) is 14.7 Å². The summed E-state index contributed by atoms with van der Waals surface area (Å²) in [5.41, 5.74) is 2.85. The van der Waals surface area contributed by atoms with Crippen LogP contribution >= 0.6 is 0 Å². The zero-order valence-corrected chi connectivity index (χ0v) is 16.7. The molecule has 7 heteroatoms. The molecule has 2 aromatic heterocycles. The third kappa shape index (κ3) is 3.24. The highest BCUT2D eigenvalue weighted by Crippen LogP contribution is 2.32. The average molecular weight is 391 g/mol. The predicted molar refractivity (Wildman–Crippen MR) is 110 cm³/mol. The first-order valence-electron chi connectivity index (χ1n) is 9.26. The molecule has 0 unspecified atom stereocenters. The molecule has 0 aliphatic rings.